The van der Waals surface area contributed by atoms with Crippen molar-refractivity contribution < 1.29 is 14.7 Å². The lowest BCUT2D eigenvalue weighted by Gasteiger charge is -2.24. The lowest BCUT2D eigenvalue weighted by Crippen LogP contribution is -2.41. The van der Waals surface area contributed by atoms with Gasteiger partial charge in [-0.1, -0.05) is 13.2 Å². The van der Waals surface area contributed by atoms with E-state index in [0.717, 1.165) is 17.2 Å². The Bertz CT molecular complexity index is 239. The normalized spacial score (nSPS) is 8.53. The number of aliphatic hydroxyl groups is 1. The predicted molar refractivity (Wildman–Crippen MR) is 57.2 cm³/mol. The van der Waals surface area contributed by atoms with Crippen molar-refractivity contribution >= 4 is 11.8 Å². The number of carbonyl (C=O) groups is 2. The molecular weight excluding hydrogens is 198 g/mol. The molecule has 0 unspecified atom stereocenters. The van der Waals surface area contributed by atoms with Gasteiger partial charge in [0.15, 0.2) is 0 Å². The molecule has 0 aromatic rings. The average molecular weight is 215 g/mol. The lowest BCUT2D eigenvalue weighted by molar-refractivity contribution is -0.146. The molecule has 86 valence electrons. The van der Waals surface area contributed by atoms with Crippen LogP contribution in [0, 0.1) is 0 Å². The highest BCUT2D eigenvalue weighted by Gasteiger charge is 2.09. The summed E-state index contributed by atoms with van der Waals surface area (Å²) in [5.41, 5.74) is 4.53. The molecule has 0 radical (unpaired) electrons. The summed E-state index contributed by atoms with van der Waals surface area (Å²) in [5.74, 6) is -0.794. The summed E-state index contributed by atoms with van der Waals surface area (Å²) in [6, 6.07) is 0. The van der Waals surface area contributed by atoms with Crippen molar-refractivity contribution in [2.75, 3.05) is 20.8 Å². The van der Waals surface area contributed by atoms with Gasteiger partial charge in [-0.25, -0.2) is 10.0 Å². The highest BCUT2D eigenvalue weighted by Crippen LogP contribution is 1.90. The fraction of sp³-hybridized carbons (Fsp3) is 0.333. The zero-order chi connectivity index (χ0) is 12.4. The summed E-state index contributed by atoms with van der Waals surface area (Å²) in [4.78, 5) is 20.3. The molecule has 0 aromatic heterocycles. The molecule has 0 aromatic carbocycles. The lowest BCUT2D eigenvalue weighted by atomic mass is 10.6. The molecule has 2 amide bonds. The molecule has 0 atom stereocenters. The minimum Gasteiger partial charge on any atom is -0.375 e. The van der Waals surface area contributed by atoms with Gasteiger partial charge in [-0.3, -0.25) is 9.59 Å². The Morgan fingerprint density at radius 2 is 1.73 bits per heavy atom. The summed E-state index contributed by atoms with van der Waals surface area (Å²) < 4.78 is 0. The molecule has 0 aliphatic heterocycles. The molecule has 0 saturated carbocycles. The van der Waals surface area contributed by atoms with E-state index >= 15 is 0 Å². The van der Waals surface area contributed by atoms with Gasteiger partial charge >= 0.3 is 0 Å². The van der Waals surface area contributed by atoms with E-state index in [-0.39, 0.29) is 12.6 Å². The highest BCUT2D eigenvalue weighted by molar-refractivity contribution is 5.86. The summed E-state index contributed by atoms with van der Waals surface area (Å²) in [5, 5.41) is 11.2. The third-order valence-electron chi connectivity index (χ3n) is 1.25. The first-order chi connectivity index (χ1) is 6.90. The van der Waals surface area contributed by atoms with Crippen LogP contribution in [0.4, 0.5) is 0 Å². The maximum atomic E-state index is 10.8. The van der Waals surface area contributed by atoms with Crippen LogP contribution in [-0.4, -0.2) is 47.8 Å². The van der Waals surface area contributed by atoms with E-state index in [1.165, 1.54) is 5.01 Å². The van der Waals surface area contributed by atoms with Gasteiger partial charge in [0.05, 0.1) is 0 Å². The standard InChI is InChI=1S/C6H12N2O2.C3H5NO/c1-4-6(10)8(5-9)7(2)3;1-2-3(4)5/h4,9H,1,5H2,2-3H3;2H,1H2,(H2,4,5). The highest BCUT2D eigenvalue weighted by atomic mass is 16.3. The van der Waals surface area contributed by atoms with Crippen LogP contribution in [0.1, 0.15) is 0 Å². The zero-order valence-corrected chi connectivity index (χ0v) is 9.01. The van der Waals surface area contributed by atoms with Gasteiger partial charge in [0.2, 0.25) is 5.91 Å². The van der Waals surface area contributed by atoms with Gasteiger partial charge in [0.1, 0.15) is 6.73 Å². The molecule has 0 aliphatic carbocycles. The smallest absolute Gasteiger partial charge is 0.262 e. The summed E-state index contributed by atoms with van der Waals surface area (Å²) in [6.07, 6.45) is 2.20. The number of hydrogen-bond acceptors (Lipinski definition) is 4. The van der Waals surface area contributed by atoms with E-state index in [1.807, 2.05) is 0 Å². The van der Waals surface area contributed by atoms with E-state index < -0.39 is 5.91 Å². The molecule has 0 heterocycles. The van der Waals surface area contributed by atoms with Gasteiger partial charge in [-0.2, -0.15) is 0 Å². The number of primary amides is 1. The van der Waals surface area contributed by atoms with Crippen LogP contribution in [0.5, 0.6) is 0 Å². The van der Waals surface area contributed by atoms with Gasteiger partial charge < -0.3 is 10.8 Å². The fourth-order valence-electron chi connectivity index (χ4n) is 0.499. The molecule has 6 nitrogen and oxygen atoms in total. The summed E-state index contributed by atoms with van der Waals surface area (Å²) in [6.45, 7) is 6.05. The Labute approximate surface area is 89.2 Å². The maximum absolute atomic E-state index is 10.8. The number of nitrogens with zero attached hydrogens (tertiary/aromatic N) is 2. The Balaban J connectivity index is 0. The molecule has 0 saturated heterocycles. The number of aliphatic hydroxyl groups excluding tert-OH is 1. The van der Waals surface area contributed by atoms with Crippen LogP contribution in [0.15, 0.2) is 25.3 Å². The molecule has 0 rings (SSSR count). The zero-order valence-electron chi connectivity index (χ0n) is 9.01. The Morgan fingerprint density at radius 3 is 1.80 bits per heavy atom. The molecule has 3 N–H and O–H groups in total. The SMILES string of the molecule is C=CC(=O)N(CO)N(C)C.C=CC(N)=O. The second-order valence-corrected chi connectivity index (χ2v) is 2.54. The van der Waals surface area contributed by atoms with Crippen LogP contribution in [0.2, 0.25) is 0 Å². The first-order valence-corrected chi connectivity index (χ1v) is 4.04. The largest absolute Gasteiger partial charge is 0.375 e. The maximum Gasteiger partial charge on any atom is 0.262 e. The number of nitrogens with two attached hydrogens (primary N) is 1. The van der Waals surface area contributed by atoms with Gasteiger partial charge in [0, 0.05) is 14.1 Å². The van der Waals surface area contributed by atoms with Crippen molar-refractivity contribution in [3.05, 3.63) is 25.3 Å². The molecule has 0 aliphatic rings. The fourth-order valence-corrected chi connectivity index (χ4v) is 0.499. The topological polar surface area (TPSA) is 86.9 Å². The van der Waals surface area contributed by atoms with E-state index in [4.69, 9.17) is 5.11 Å². The predicted octanol–water partition coefficient (Wildman–Crippen LogP) is -0.915. The number of hydrogen-bond donors (Lipinski definition) is 2. The minimum absolute atomic E-state index is 0.312. The Hall–Kier alpha value is -1.66. The van der Waals surface area contributed by atoms with Crippen LogP contribution < -0.4 is 5.73 Å². The van der Waals surface area contributed by atoms with Crippen LogP contribution in [0.3, 0.4) is 0 Å². The van der Waals surface area contributed by atoms with Crippen molar-refractivity contribution in [2.45, 2.75) is 0 Å². The van der Waals surface area contributed by atoms with Crippen molar-refractivity contribution in [1.29, 1.82) is 0 Å². The first-order valence-electron chi connectivity index (χ1n) is 4.04. The van der Waals surface area contributed by atoms with Crippen molar-refractivity contribution in [2.24, 2.45) is 5.73 Å². The van der Waals surface area contributed by atoms with Crippen molar-refractivity contribution in [3.8, 4) is 0 Å². The summed E-state index contributed by atoms with van der Waals surface area (Å²) in [7, 11) is 3.33. The Morgan fingerprint density at radius 1 is 1.33 bits per heavy atom. The first kappa shape index (κ1) is 15.8. The number of amides is 2. The third-order valence-corrected chi connectivity index (χ3v) is 1.25. The minimum atomic E-state index is -0.481. The summed E-state index contributed by atoms with van der Waals surface area (Å²) >= 11 is 0. The molecular formula is C9H17N3O3. The van der Waals surface area contributed by atoms with Crippen LogP contribution in [-0.2, 0) is 9.59 Å². The van der Waals surface area contributed by atoms with Gasteiger partial charge in [-0.05, 0) is 12.2 Å². The molecule has 6 heteroatoms. The molecule has 0 spiro atoms. The third kappa shape index (κ3) is 8.66. The van der Waals surface area contributed by atoms with Crippen LogP contribution >= 0.6 is 0 Å². The average Bonchev–Trinajstić information content (AvgIpc) is 2.18. The van der Waals surface area contributed by atoms with E-state index in [1.54, 1.807) is 14.1 Å². The van der Waals surface area contributed by atoms with Crippen molar-refractivity contribution in [1.82, 2.24) is 10.0 Å². The number of rotatable bonds is 4. The van der Waals surface area contributed by atoms with E-state index in [2.05, 4.69) is 18.9 Å². The van der Waals surface area contributed by atoms with Crippen molar-refractivity contribution in [3.63, 3.8) is 0 Å². The number of carbonyl (C=O) groups excluding carboxylic acids is 2. The second kappa shape index (κ2) is 8.92. The molecule has 15 heavy (non-hydrogen) atoms. The van der Waals surface area contributed by atoms with Gasteiger partial charge in [-0.15, -0.1) is 0 Å². The van der Waals surface area contributed by atoms with E-state index in [0.29, 0.717) is 0 Å². The monoisotopic (exact) mass is 215 g/mol. The molecule has 0 fully saturated rings. The Kier molecular flexibility index (Phi) is 9.39. The second-order valence-electron chi connectivity index (χ2n) is 2.54. The quantitative estimate of drug-likeness (QED) is 0.361. The molecule has 0 bridgehead atoms. The van der Waals surface area contributed by atoms with E-state index in [9.17, 15) is 9.59 Å². The van der Waals surface area contributed by atoms with Crippen LogP contribution in [0.25, 0.3) is 0 Å². The number of hydrazine groups is 1. The van der Waals surface area contributed by atoms with Gasteiger partial charge in [0.25, 0.3) is 5.91 Å².